The topological polar surface area (TPSA) is 111 Å². The van der Waals surface area contributed by atoms with Crippen molar-refractivity contribution in [1.29, 1.82) is 0 Å². The number of aromatic hydroxyl groups is 1. The zero-order valence-corrected chi connectivity index (χ0v) is 15.5. The highest BCUT2D eigenvalue weighted by molar-refractivity contribution is 5.93. The maximum absolute atomic E-state index is 12.7. The van der Waals surface area contributed by atoms with Crippen LogP contribution in [0.5, 0.6) is 5.75 Å². The van der Waals surface area contributed by atoms with Crippen LogP contribution in [0.2, 0.25) is 0 Å². The normalized spacial score (nSPS) is 22.0. The van der Waals surface area contributed by atoms with Crippen LogP contribution in [0.4, 0.5) is 0 Å². The van der Waals surface area contributed by atoms with Gasteiger partial charge in [-0.15, -0.1) is 0 Å². The molecule has 2 atom stereocenters. The third-order valence-electron chi connectivity index (χ3n) is 5.39. The molecule has 2 heterocycles. The summed E-state index contributed by atoms with van der Waals surface area (Å²) in [5.74, 6) is -1.55. The first-order chi connectivity index (χ1) is 13.4. The smallest absolute Gasteiger partial charge is 0.314 e. The van der Waals surface area contributed by atoms with Gasteiger partial charge in [-0.1, -0.05) is 30.3 Å². The molecule has 148 valence electrons. The van der Waals surface area contributed by atoms with E-state index in [0.29, 0.717) is 12.8 Å². The Balaban J connectivity index is 1.74. The number of benzene rings is 1. The number of carboxylic acids is 1. The van der Waals surface area contributed by atoms with Crippen LogP contribution >= 0.6 is 0 Å². The molecule has 3 rings (SSSR count). The number of nitrogens with zero attached hydrogens (tertiary/aromatic N) is 2. The van der Waals surface area contributed by atoms with Gasteiger partial charge in [0.1, 0.15) is 16.9 Å². The van der Waals surface area contributed by atoms with Gasteiger partial charge in [0.15, 0.2) is 0 Å². The average molecular weight is 384 g/mol. The number of hydrogen-bond donors (Lipinski definition) is 3. The van der Waals surface area contributed by atoms with Crippen molar-refractivity contribution >= 4 is 11.9 Å². The molecule has 28 heavy (non-hydrogen) atoms. The molecule has 0 unspecified atom stereocenters. The van der Waals surface area contributed by atoms with Crippen molar-refractivity contribution in [2.45, 2.75) is 31.8 Å². The summed E-state index contributed by atoms with van der Waals surface area (Å²) in [4.78, 5) is 30.2. The number of aliphatic hydroxyl groups is 1. The van der Waals surface area contributed by atoms with Crippen LogP contribution in [-0.4, -0.2) is 56.3 Å². The van der Waals surface area contributed by atoms with E-state index in [4.69, 9.17) is 0 Å². The van der Waals surface area contributed by atoms with Gasteiger partial charge in [0, 0.05) is 13.1 Å². The zero-order chi connectivity index (χ0) is 20.1. The maximum atomic E-state index is 12.7. The van der Waals surface area contributed by atoms with Gasteiger partial charge < -0.3 is 20.2 Å². The van der Waals surface area contributed by atoms with Gasteiger partial charge >= 0.3 is 5.97 Å². The minimum Gasteiger partial charge on any atom is -0.506 e. The minimum atomic E-state index is -1.40. The van der Waals surface area contributed by atoms with E-state index in [9.17, 15) is 24.9 Å². The Morgan fingerprint density at radius 1 is 1.18 bits per heavy atom. The average Bonchev–Trinajstić information content (AvgIpc) is 2.70. The number of pyridine rings is 1. The highest BCUT2D eigenvalue weighted by Crippen LogP contribution is 2.36. The monoisotopic (exact) mass is 384 g/mol. The second-order valence-electron chi connectivity index (χ2n) is 7.23. The number of aliphatic hydroxyl groups excluding tert-OH is 1. The Kier molecular flexibility index (Phi) is 5.94. The number of piperidine rings is 1. The molecule has 1 aliphatic rings. The minimum absolute atomic E-state index is 0.0496. The van der Waals surface area contributed by atoms with E-state index >= 15 is 0 Å². The predicted octanol–water partition coefficient (Wildman–Crippen LogP) is 2.09. The molecule has 0 bridgehead atoms. The molecule has 1 saturated heterocycles. The van der Waals surface area contributed by atoms with Crippen molar-refractivity contribution < 1.29 is 24.9 Å². The summed E-state index contributed by atoms with van der Waals surface area (Å²) >= 11 is 0. The van der Waals surface area contributed by atoms with Crippen LogP contribution in [-0.2, 0) is 11.2 Å². The number of aliphatic carboxylic acids is 1. The summed E-state index contributed by atoms with van der Waals surface area (Å²) < 4.78 is 0. The van der Waals surface area contributed by atoms with E-state index in [1.807, 2.05) is 30.3 Å². The summed E-state index contributed by atoms with van der Waals surface area (Å²) in [6, 6.07) is 12.5. The SMILES string of the molecule is O=C(c1ccc(O)cn1)N1CC[C@@H](O)[C@](CCCc2ccccc2)(C(=O)O)C1. The second-order valence-corrected chi connectivity index (χ2v) is 7.23. The summed E-state index contributed by atoms with van der Waals surface area (Å²) in [6.45, 7) is 0.190. The predicted molar refractivity (Wildman–Crippen MR) is 102 cm³/mol. The first kappa shape index (κ1) is 19.8. The van der Waals surface area contributed by atoms with Crippen molar-refractivity contribution in [2.75, 3.05) is 13.1 Å². The van der Waals surface area contributed by atoms with E-state index < -0.39 is 23.4 Å². The Labute approximate surface area is 163 Å². The second kappa shape index (κ2) is 8.39. The molecule has 7 heteroatoms. The van der Waals surface area contributed by atoms with Crippen molar-refractivity contribution in [1.82, 2.24) is 9.88 Å². The highest BCUT2D eigenvalue weighted by Gasteiger charge is 2.49. The standard InChI is InChI=1S/C21H24N2O5/c24-16-8-9-17(22-13-16)19(26)23-12-10-18(25)21(14-23,20(27)28)11-4-7-15-5-2-1-3-6-15/h1-3,5-6,8-9,13,18,24-25H,4,7,10-12,14H2,(H,27,28)/t18-,21-/m1/s1. The lowest BCUT2D eigenvalue weighted by atomic mass is 9.73. The number of aryl methyl sites for hydroxylation is 1. The highest BCUT2D eigenvalue weighted by atomic mass is 16.4. The van der Waals surface area contributed by atoms with Crippen LogP contribution in [0.3, 0.4) is 0 Å². The van der Waals surface area contributed by atoms with E-state index in [-0.39, 0.29) is 37.4 Å². The van der Waals surface area contributed by atoms with E-state index in [1.165, 1.54) is 23.2 Å². The summed E-state index contributed by atoms with van der Waals surface area (Å²) in [6.07, 6.45) is 1.92. The number of amides is 1. The fourth-order valence-electron chi connectivity index (χ4n) is 3.74. The van der Waals surface area contributed by atoms with E-state index in [2.05, 4.69) is 4.98 Å². The molecule has 0 spiro atoms. The Hall–Kier alpha value is -2.93. The lowest BCUT2D eigenvalue weighted by Crippen LogP contribution is -2.57. The van der Waals surface area contributed by atoms with Gasteiger partial charge in [-0.05, 0) is 43.4 Å². The van der Waals surface area contributed by atoms with E-state index in [1.54, 1.807) is 0 Å². The van der Waals surface area contributed by atoms with Crippen LogP contribution in [0.15, 0.2) is 48.7 Å². The van der Waals surface area contributed by atoms with Crippen molar-refractivity contribution in [3.05, 3.63) is 59.9 Å². The van der Waals surface area contributed by atoms with E-state index in [0.717, 1.165) is 5.56 Å². The third-order valence-corrected chi connectivity index (χ3v) is 5.39. The van der Waals surface area contributed by atoms with Crippen molar-refractivity contribution in [3.8, 4) is 5.75 Å². The number of rotatable bonds is 6. The fraction of sp³-hybridized carbons (Fsp3) is 0.381. The number of carbonyl (C=O) groups excluding carboxylic acids is 1. The first-order valence-electron chi connectivity index (χ1n) is 9.32. The first-order valence-corrected chi connectivity index (χ1v) is 9.32. The van der Waals surface area contributed by atoms with Crippen LogP contribution < -0.4 is 0 Å². The number of carboxylic acid groups (broad SMARTS) is 1. The zero-order valence-electron chi connectivity index (χ0n) is 15.5. The molecule has 1 fully saturated rings. The largest absolute Gasteiger partial charge is 0.506 e. The molecular formula is C21H24N2O5. The molecule has 3 N–H and O–H groups in total. The molecular weight excluding hydrogens is 360 g/mol. The molecule has 1 aliphatic heterocycles. The van der Waals surface area contributed by atoms with Crippen LogP contribution in [0.25, 0.3) is 0 Å². The summed E-state index contributed by atoms with van der Waals surface area (Å²) in [7, 11) is 0. The number of hydrogen-bond acceptors (Lipinski definition) is 5. The van der Waals surface area contributed by atoms with Gasteiger partial charge in [-0.25, -0.2) is 4.98 Å². The Bertz CT molecular complexity index is 824. The van der Waals surface area contributed by atoms with Gasteiger partial charge in [0.2, 0.25) is 0 Å². The third kappa shape index (κ3) is 4.14. The fourth-order valence-corrected chi connectivity index (χ4v) is 3.74. The van der Waals surface area contributed by atoms with Crippen LogP contribution in [0.1, 0.15) is 35.3 Å². The molecule has 7 nitrogen and oxygen atoms in total. The molecule has 1 aromatic heterocycles. The molecule has 0 saturated carbocycles. The van der Waals surface area contributed by atoms with Crippen molar-refractivity contribution in [2.24, 2.45) is 5.41 Å². The number of aromatic nitrogens is 1. The lowest BCUT2D eigenvalue weighted by molar-refractivity contribution is -0.162. The van der Waals surface area contributed by atoms with Gasteiger partial charge in [0.25, 0.3) is 5.91 Å². The maximum Gasteiger partial charge on any atom is 0.314 e. The summed E-state index contributed by atoms with van der Waals surface area (Å²) in [5, 5.41) is 29.8. The molecule has 1 amide bonds. The lowest BCUT2D eigenvalue weighted by Gasteiger charge is -2.43. The van der Waals surface area contributed by atoms with Gasteiger partial charge in [0.05, 0.1) is 12.3 Å². The Morgan fingerprint density at radius 3 is 2.57 bits per heavy atom. The van der Waals surface area contributed by atoms with Crippen LogP contribution in [0, 0.1) is 5.41 Å². The summed E-state index contributed by atoms with van der Waals surface area (Å²) in [5.41, 5.74) is -0.160. The number of likely N-dealkylation sites (tertiary alicyclic amines) is 1. The van der Waals surface area contributed by atoms with Gasteiger partial charge in [-0.3, -0.25) is 9.59 Å². The molecule has 0 radical (unpaired) electrons. The quantitative estimate of drug-likeness (QED) is 0.703. The van der Waals surface area contributed by atoms with Gasteiger partial charge in [-0.2, -0.15) is 0 Å². The Morgan fingerprint density at radius 2 is 1.93 bits per heavy atom. The molecule has 0 aliphatic carbocycles. The van der Waals surface area contributed by atoms with Crippen molar-refractivity contribution in [3.63, 3.8) is 0 Å². The molecule has 2 aromatic rings. The number of carbonyl (C=O) groups is 2. The molecule has 1 aromatic carbocycles.